The molecule has 0 amide bonds. The number of imidazole rings is 1. The highest BCUT2D eigenvalue weighted by atomic mass is 35.5. The van der Waals surface area contributed by atoms with Crippen LogP contribution in [0.15, 0.2) is 76.6 Å². The number of aliphatic imine (C=N–C) groups is 1. The lowest BCUT2D eigenvalue weighted by Crippen LogP contribution is -2.14. The van der Waals surface area contributed by atoms with Crippen LogP contribution < -0.4 is 5.32 Å². The standard InChI is InChI=1S/C25H34ClN5/c1-8-11-12-13-15-20(4)24-25(28-22(14-9-2)18-21(26)10-3)31(17-16-27-5)23(29-24)19-30(6)7/h8-18,28H,5,19H2,1-4,6-7H3/b11-8-,13-12-,14-9-,17-16-,20-15+,21-10+,22-18+. The SMILES string of the molecule is C=N/C=C\n1c(CN(C)C)nc(/C(C)=C/C=C\C=C/C)c1NC(/C=C\C)=C/C(Cl)=C\C. The lowest BCUT2D eigenvalue weighted by molar-refractivity contribution is 0.389. The topological polar surface area (TPSA) is 45.5 Å². The molecule has 0 atom stereocenters. The maximum absolute atomic E-state index is 6.28. The largest absolute Gasteiger partial charge is 0.339 e. The van der Waals surface area contributed by atoms with Crippen LogP contribution in [0.1, 0.15) is 39.2 Å². The first-order valence-electron chi connectivity index (χ1n) is 10.2. The van der Waals surface area contributed by atoms with Crippen LogP contribution in [-0.4, -0.2) is 35.3 Å². The Hall–Kier alpha value is -2.89. The van der Waals surface area contributed by atoms with Gasteiger partial charge in [0.2, 0.25) is 0 Å². The molecule has 0 aliphatic heterocycles. The summed E-state index contributed by atoms with van der Waals surface area (Å²) in [5.41, 5.74) is 2.73. The Morgan fingerprint density at radius 1 is 1.19 bits per heavy atom. The van der Waals surface area contributed by atoms with E-state index in [1.165, 1.54) is 0 Å². The molecule has 1 rings (SSSR count). The van der Waals surface area contributed by atoms with E-state index in [2.05, 4.69) is 21.9 Å². The Morgan fingerprint density at radius 3 is 2.52 bits per heavy atom. The number of aromatic nitrogens is 2. The third kappa shape index (κ3) is 8.79. The summed E-state index contributed by atoms with van der Waals surface area (Å²) >= 11 is 6.28. The molecular formula is C25H34ClN5. The average Bonchev–Trinajstić information content (AvgIpc) is 3.05. The maximum Gasteiger partial charge on any atom is 0.142 e. The molecule has 5 nitrogen and oxygen atoms in total. The number of anilines is 1. The van der Waals surface area contributed by atoms with Crippen molar-refractivity contribution in [1.82, 2.24) is 14.5 Å². The van der Waals surface area contributed by atoms with Gasteiger partial charge in [-0.15, -0.1) is 0 Å². The molecule has 0 aliphatic carbocycles. The van der Waals surface area contributed by atoms with Crippen LogP contribution in [0.2, 0.25) is 0 Å². The third-order valence-corrected chi connectivity index (χ3v) is 4.40. The minimum atomic E-state index is 0.645. The second-order valence-electron chi connectivity index (χ2n) is 6.97. The van der Waals surface area contributed by atoms with Crippen molar-refractivity contribution < 1.29 is 0 Å². The monoisotopic (exact) mass is 439 g/mol. The lowest BCUT2D eigenvalue weighted by atomic mass is 10.2. The Bertz CT molecular complexity index is 937. The highest BCUT2D eigenvalue weighted by Gasteiger charge is 2.18. The number of nitrogens with zero attached hydrogens (tertiary/aromatic N) is 4. The van der Waals surface area contributed by atoms with Crippen LogP contribution >= 0.6 is 11.6 Å². The molecule has 6 heteroatoms. The number of nitrogens with one attached hydrogen (secondary N) is 1. The number of hydrogen-bond acceptors (Lipinski definition) is 4. The molecule has 1 N–H and O–H groups in total. The van der Waals surface area contributed by atoms with Gasteiger partial charge in [-0.2, -0.15) is 0 Å². The fourth-order valence-corrected chi connectivity index (χ4v) is 2.79. The summed E-state index contributed by atoms with van der Waals surface area (Å²) in [4.78, 5) is 10.9. The van der Waals surface area contributed by atoms with Gasteiger partial charge in [0.15, 0.2) is 0 Å². The smallest absolute Gasteiger partial charge is 0.142 e. The summed E-state index contributed by atoms with van der Waals surface area (Å²) in [6.07, 6.45) is 21.2. The Labute approximate surface area is 192 Å². The molecule has 0 radical (unpaired) electrons. The molecule has 1 aromatic heterocycles. The molecule has 0 bridgehead atoms. The predicted molar refractivity (Wildman–Crippen MR) is 138 cm³/mol. The van der Waals surface area contributed by atoms with Gasteiger partial charge in [-0.25, -0.2) is 4.98 Å². The zero-order valence-electron chi connectivity index (χ0n) is 19.4. The number of allylic oxidation sites excluding steroid dienone is 11. The second kappa shape index (κ2) is 14.2. The van der Waals surface area contributed by atoms with Crippen molar-refractivity contribution in [1.29, 1.82) is 0 Å². The summed E-state index contributed by atoms with van der Waals surface area (Å²) in [7, 11) is 4.03. The van der Waals surface area contributed by atoms with E-state index in [9.17, 15) is 0 Å². The minimum Gasteiger partial charge on any atom is -0.339 e. The van der Waals surface area contributed by atoms with E-state index in [-0.39, 0.29) is 0 Å². The van der Waals surface area contributed by atoms with Gasteiger partial charge in [-0.1, -0.05) is 54.1 Å². The molecule has 0 saturated carbocycles. The Morgan fingerprint density at radius 2 is 1.94 bits per heavy atom. The molecule has 0 aliphatic rings. The van der Waals surface area contributed by atoms with Gasteiger partial charge in [-0.05, 0) is 66.2 Å². The first-order valence-corrected chi connectivity index (χ1v) is 10.5. The summed E-state index contributed by atoms with van der Waals surface area (Å²) in [5.74, 6) is 1.71. The van der Waals surface area contributed by atoms with E-state index < -0.39 is 0 Å². The quantitative estimate of drug-likeness (QED) is 0.311. The zero-order chi connectivity index (χ0) is 23.2. The van der Waals surface area contributed by atoms with Crippen molar-refractivity contribution >= 4 is 35.9 Å². The Kier molecular flexibility index (Phi) is 12.0. The van der Waals surface area contributed by atoms with Gasteiger partial charge in [0.05, 0.1) is 6.54 Å². The van der Waals surface area contributed by atoms with Crippen LogP contribution in [0.25, 0.3) is 11.8 Å². The van der Waals surface area contributed by atoms with Gasteiger partial charge in [0.1, 0.15) is 17.3 Å². The predicted octanol–water partition coefficient (Wildman–Crippen LogP) is 6.62. The first kappa shape index (κ1) is 26.1. The van der Waals surface area contributed by atoms with Gasteiger partial charge in [0, 0.05) is 23.1 Å². The Balaban J connectivity index is 3.70. The van der Waals surface area contributed by atoms with Gasteiger partial charge < -0.3 is 10.2 Å². The molecule has 0 aromatic carbocycles. The van der Waals surface area contributed by atoms with Crippen molar-refractivity contribution in [3.8, 4) is 0 Å². The van der Waals surface area contributed by atoms with Crippen molar-refractivity contribution in [2.45, 2.75) is 34.2 Å². The molecule has 0 spiro atoms. The molecule has 0 saturated heterocycles. The molecule has 1 heterocycles. The van der Waals surface area contributed by atoms with E-state index in [1.54, 1.807) is 6.20 Å². The molecule has 1 aromatic rings. The van der Waals surface area contributed by atoms with E-state index in [0.29, 0.717) is 11.6 Å². The average molecular weight is 440 g/mol. The molecule has 31 heavy (non-hydrogen) atoms. The number of halogens is 1. The molecule has 166 valence electrons. The number of hydrogen-bond donors (Lipinski definition) is 1. The van der Waals surface area contributed by atoms with Crippen LogP contribution in [0.5, 0.6) is 0 Å². The van der Waals surface area contributed by atoms with Gasteiger partial charge >= 0.3 is 0 Å². The van der Waals surface area contributed by atoms with Crippen molar-refractivity contribution in [2.75, 3.05) is 19.4 Å². The van der Waals surface area contributed by atoms with E-state index in [1.807, 2.05) is 107 Å². The molecular weight excluding hydrogens is 406 g/mol. The van der Waals surface area contributed by atoms with E-state index in [4.69, 9.17) is 16.6 Å². The normalized spacial score (nSPS) is 14.3. The summed E-state index contributed by atoms with van der Waals surface area (Å²) in [6.45, 7) is 12.1. The van der Waals surface area contributed by atoms with Crippen molar-refractivity contribution in [3.05, 3.63) is 83.1 Å². The van der Waals surface area contributed by atoms with Crippen LogP contribution in [0, 0.1) is 0 Å². The summed E-state index contributed by atoms with van der Waals surface area (Å²) in [5, 5.41) is 4.15. The summed E-state index contributed by atoms with van der Waals surface area (Å²) in [6, 6.07) is 0. The van der Waals surface area contributed by atoms with E-state index in [0.717, 1.165) is 28.6 Å². The van der Waals surface area contributed by atoms with Crippen LogP contribution in [0.3, 0.4) is 0 Å². The minimum absolute atomic E-state index is 0.645. The first-order chi connectivity index (χ1) is 14.9. The molecule has 0 fully saturated rings. The highest BCUT2D eigenvalue weighted by molar-refractivity contribution is 6.31. The van der Waals surface area contributed by atoms with E-state index >= 15 is 0 Å². The maximum atomic E-state index is 6.28. The second-order valence-corrected chi connectivity index (χ2v) is 7.41. The number of rotatable bonds is 11. The fraction of sp³-hybridized carbons (Fsp3) is 0.280. The fourth-order valence-electron chi connectivity index (χ4n) is 2.67. The lowest BCUT2D eigenvalue weighted by Gasteiger charge is -2.14. The molecule has 0 unspecified atom stereocenters. The highest BCUT2D eigenvalue weighted by Crippen LogP contribution is 2.28. The van der Waals surface area contributed by atoms with Gasteiger partial charge in [0.25, 0.3) is 0 Å². The van der Waals surface area contributed by atoms with Crippen LogP contribution in [-0.2, 0) is 6.54 Å². The zero-order valence-corrected chi connectivity index (χ0v) is 20.2. The van der Waals surface area contributed by atoms with Crippen LogP contribution in [0.4, 0.5) is 5.82 Å². The third-order valence-electron chi connectivity index (χ3n) is 4.08. The van der Waals surface area contributed by atoms with Gasteiger partial charge in [-0.3, -0.25) is 9.56 Å². The van der Waals surface area contributed by atoms with Crippen molar-refractivity contribution in [3.63, 3.8) is 0 Å². The summed E-state index contributed by atoms with van der Waals surface area (Å²) < 4.78 is 2.00. The van der Waals surface area contributed by atoms with Crippen molar-refractivity contribution in [2.24, 2.45) is 4.99 Å².